The second kappa shape index (κ2) is 10.4. The van der Waals surface area contributed by atoms with E-state index in [0.717, 1.165) is 43.6 Å². The van der Waals surface area contributed by atoms with Crippen LogP contribution in [-0.2, 0) is 5.41 Å². The Balaban J connectivity index is 1.84. The van der Waals surface area contributed by atoms with E-state index in [-0.39, 0.29) is 16.7 Å². The molecule has 1 saturated carbocycles. The van der Waals surface area contributed by atoms with Crippen LogP contribution in [0, 0.1) is 17.3 Å². The van der Waals surface area contributed by atoms with Crippen molar-refractivity contribution in [3.05, 3.63) is 45.4 Å². The maximum atomic E-state index is 8.39. The molecule has 6 heteroatoms. The van der Waals surface area contributed by atoms with Gasteiger partial charge in [0.15, 0.2) is 0 Å². The number of methoxy groups -OCH3 is 2. The Kier molecular flexibility index (Phi) is 8.02. The number of nitrogens with zero attached hydrogens (tertiary/aromatic N) is 3. The number of ether oxygens (including phenoxy) is 2. The summed E-state index contributed by atoms with van der Waals surface area (Å²) in [4.78, 5) is 2.82. The molecule has 1 fully saturated rings. The molecule has 4 rings (SSSR count). The van der Waals surface area contributed by atoms with Gasteiger partial charge in [0, 0.05) is 29.5 Å². The second-order valence-electron chi connectivity index (χ2n) is 11.0. The summed E-state index contributed by atoms with van der Waals surface area (Å²) in [6, 6.07) is 4.46. The third kappa shape index (κ3) is 5.02. The minimum absolute atomic E-state index is 0.00948. The quantitative estimate of drug-likeness (QED) is 0.122. The average Bonchev–Trinajstić information content (AvgIpc) is 2.81. The van der Waals surface area contributed by atoms with Gasteiger partial charge in [-0.15, -0.1) is 0 Å². The van der Waals surface area contributed by atoms with Crippen LogP contribution in [0.4, 0.5) is 0 Å². The summed E-state index contributed by atoms with van der Waals surface area (Å²) in [7, 11) is 3.54. The molecule has 33 heavy (non-hydrogen) atoms. The van der Waals surface area contributed by atoms with Crippen LogP contribution in [0.25, 0.3) is 10.4 Å². The van der Waals surface area contributed by atoms with Gasteiger partial charge >= 0.3 is 0 Å². The minimum atomic E-state index is 0.00948. The summed E-state index contributed by atoms with van der Waals surface area (Å²) < 4.78 is 12.0. The molecule has 0 spiro atoms. The van der Waals surface area contributed by atoms with E-state index in [1.54, 1.807) is 14.2 Å². The van der Waals surface area contributed by atoms with Crippen LogP contribution in [-0.4, -0.2) is 27.3 Å². The van der Waals surface area contributed by atoms with Crippen molar-refractivity contribution in [2.75, 3.05) is 27.3 Å². The molecule has 0 unspecified atom stereocenters. The largest absolute Gasteiger partial charge is 0.496 e. The third-order valence-corrected chi connectivity index (χ3v) is 8.39. The van der Waals surface area contributed by atoms with Crippen LogP contribution in [0.2, 0.25) is 0 Å². The SMILES string of the molecule is COc1cc(C(C)(C)CCCCCCN=[N+]=[N-])cc(OC)c1[C@H]1C=C(CN)[C@H]2C[C@@H]1C2(C)C. The van der Waals surface area contributed by atoms with Crippen molar-refractivity contribution >= 4 is 0 Å². The molecular formula is C27H42N4O2. The standard InChI is InChI=1S/C27H42N4O2/c1-26(2,11-9-7-8-10-12-30-31-29)19-14-23(32-5)25(24(15-19)33-6)20-13-18(17-28)21-16-22(20)27(21,3)4/h13-15,20-22H,7-12,16-17,28H2,1-6H3/t20-,21+,22-/m0/s1. The van der Waals surface area contributed by atoms with Gasteiger partial charge in [0.25, 0.3) is 0 Å². The van der Waals surface area contributed by atoms with Gasteiger partial charge in [-0.05, 0) is 65.2 Å². The van der Waals surface area contributed by atoms with Crippen molar-refractivity contribution in [1.82, 2.24) is 0 Å². The number of hydrogen-bond donors (Lipinski definition) is 1. The van der Waals surface area contributed by atoms with Crippen molar-refractivity contribution in [3.8, 4) is 11.5 Å². The number of benzene rings is 1. The van der Waals surface area contributed by atoms with E-state index in [2.05, 4.69) is 55.9 Å². The Bertz CT molecular complexity index is 890. The molecule has 0 saturated heterocycles. The zero-order valence-electron chi connectivity index (χ0n) is 21.4. The predicted molar refractivity (Wildman–Crippen MR) is 135 cm³/mol. The fourth-order valence-electron chi connectivity index (χ4n) is 6.11. The maximum Gasteiger partial charge on any atom is 0.126 e. The fraction of sp³-hybridized carbons (Fsp3) is 0.704. The number of fused-ring (bicyclic) bond motifs is 1. The monoisotopic (exact) mass is 454 g/mol. The summed E-state index contributed by atoms with van der Waals surface area (Å²) in [6.45, 7) is 10.6. The molecule has 0 amide bonds. The number of hydrogen-bond acceptors (Lipinski definition) is 4. The molecule has 3 aliphatic carbocycles. The Morgan fingerprint density at radius 1 is 1.12 bits per heavy atom. The van der Waals surface area contributed by atoms with E-state index in [1.165, 1.54) is 23.1 Å². The molecule has 0 heterocycles. The van der Waals surface area contributed by atoms with Gasteiger partial charge in [-0.2, -0.15) is 0 Å². The molecule has 6 nitrogen and oxygen atoms in total. The highest BCUT2D eigenvalue weighted by Crippen LogP contribution is 2.65. The number of unbranched alkanes of at least 4 members (excludes halogenated alkanes) is 3. The van der Waals surface area contributed by atoms with E-state index >= 15 is 0 Å². The van der Waals surface area contributed by atoms with E-state index in [4.69, 9.17) is 20.7 Å². The fourth-order valence-corrected chi connectivity index (χ4v) is 6.11. The first kappa shape index (κ1) is 25.5. The Labute approximate surface area is 199 Å². The van der Waals surface area contributed by atoms with Crippen molar-refractivity contribution < 1.29 is 9.47 Å². The molecule has 0 radical (unpaired) electrons. The highest BCUT2D eigenvalue weighted by Gasteiger charge is 2.55. The van der Waals surface area contributed by atoms with Crippen LogP contribution in [0.3, 0.4) is 0 Å². The zero-order chi connectivity index (χ0) is 24.2. The molecule has 0 aromatic heterocycles. The van der Waals surface area contributed by atoms with Gasteiger partial charge in [0.1, 0.15) is 11.5 Å². The van der Waals surface area contributed by atoms with Crippen molar-refractivity contribution in [3.63, 3.8) is 0 Å². The summed E-state index contributed by atoms with van der Waals surface area (Å²) in [6.07, 6.45) is 9.00. The number of allylic oxidation sites excluding steroid dienone is 1. The summed E-state index contributed by atoms with van der Waals surface area (Å²) in [5.74, 6) is 3.29. The lowest BCUT2D eigenvalue weighted by molar-refractivity contribution is -0.0206. The molecule has 2 N–H and O–H groups in total. The minimum Gasteiger partial charge on any atom is -0.496 e. The van der Waals surface area contributed by atoms with Crippen LogP contribution >= 0.6 is 0 Å². The van der Waals surface area contributed by atoms with Crippen molar-refractivity contribution in [1.29, 1.82) is 0 Å². The molecule has 1 aromatic carbocycles. The van der Waals surface area contributed by atoms with Gasteiger partial charge < -0.3 is 15.2 Å². The molecule has 1 aromatic rings. The average molecular weight is 455 g/mol. The first-order chi connectivity index (χ1) is 15.7. The van der Waals surface area contributed by atoms with Crippen LogP contribution in [0.1, 0.15) is 83.3 Å². The second-order valence-corrected chi connectivity index (χ2v) is 11.0. The Morgan fingerprint density at radius 3 is 2.30 bits per heavy atom. The van der Waals surface area contributed by atoms with E-state index in [1.807, 2.05) is 0 Å². The van der Waals surface area contributed by atoms with Gasteiger partial charge in [-0.3, -0.25) is 0 Å². The van der Waals surface area contributed by atoms with Crippen molar-refractivity contribution in [2.45, 2.75) is 77.6 Å². The molecule has 3 atom stereocenters. The molecular weight excluding hydrogens is 412 g/mol. The van der Waals surface area contributed by atoms with Crippen LogP contribution in [0.5, 0.6) is 11.5 Å². The van der Waals surface area contributed by atoms with E-state index < -0.39 is 0 Å². The maximum absolute atomic E-state index is 8.39. The predicted octanol–water partition coefficient (Wildman–Crippen LogP) is 6.89. The highest BCUT2D eigenvalue weighted by atomic mass is 16.5. The van der Waals surface area contributed by atoms with Crippen LogP contribution < -0.4 is 15.2 Å². The van der Waals surface area contributed by atoms with Crippen LogP contribution in [0.15, 0.2) is 28.9 Å². The Hall–Kier alpha value is -2.17. The summed E-state index contributed by atoms with van der Waals surface area (Å²) >= 11 is 0. The molecule has 182 valence electrons. The van der Waals surface area contributed by atoms with Gasteiger partial charge in [-0.1, -0.05) is 63.7 Å². The highest BCUT2D eigenvalue weighted by molar-refractivity contribution is 5.55. The molecule has 2 bridgehead atoms. The summed E-state index contributed by atoms with van der Waals surface area (Å²) in [5, 5.41) is 3.62. The third-order valence-electron chi connectivity index (χ3n) is 8.39. The molecule has 3 aliphatic rings. The first-order valence-corrected chi connectivity index (χ1v) is 12.4. The number of nitrogens with two attached hydrogens (primary N) is 1. The Morgan fingerprint density at radius 2 is 1.76 bits per heavy atom. The number of azide groups is 1. The first-order valence-electron chi connectivity index (χ1n) is 12.4. The van der Waals surface area contributed by atoms with E-state index in [0.29, 0.717) is 24.9 Å². The van der Waals surface area contributed by atoms with Gasteiger partial charge in [-0.25, -0.2) is 0 Å². The topological polar surface area (TPSA) is 93.2 Å². The van der Waals surface area contributed by atoms with Crippen molar-refractivity contribution in [2.24, 2.45) is 28.1 Å². The lowest BCUT2D eigenvalue weighted by Crippen LogP contribution is -2.52. The lowest BCUT2D eigenvalue weighted by atomic mass is 9.45. The number of rotatable bonds is 12. The summed E-state index contributed by atoms with van der Waals surface area (Å²) in [5.41, 5.74) is 18.6. The van der Waals surface area contributed by atoms with E-state index in [9.17, 15) is 0 Å². The zero-order valence-corrected chi connectivity index (χ0v) is 21.4. The van der Waals surface area contributed by atoms with Gasteiger partial charge in [0.2, 0.25) is 0 Å². The molecule has 0 aliphatic heterocycles. The normalized spacial score (nSPS) is 23.2. The van der Waals surface area contributed by atoms with Gasteiger partial charge in [0.05, 0.1) is 14.2 Å². The lowest BCUT2D eigenvalue weighted by Gasteiger charge is -2.59. The smallest absolute Gasteiger partial charge is 0.126 e.